The summed E-state index contributed by atoms with van der Waals surface area (Å²) in [6.07, 6.45) is 3.27. The smallest absolute Gasteiger partial charge is 0.231 e. The van der Waals surface area contributed by atoms with Gasteiger partial charge in [-0.05, 0) is 45.9 Å². The van der Waals surface area contributed by atoms with Crippen molar-refractivity contribution in [2.75, 3.05) is 5.32 Å². The Morgan fingerprint density at radius 1 is 1.10 bits per heavy atom. The second-order valence-electron chi connectivity index (χ2n) is 6.06. The predicted octanol–water partition coefficient (Wildman–Crippen LogP) is 2.33. The maximum atomic E-state index is 12.4. The van der Waals surface area contributed by atoms with Gasteiger partial charge in [0.25, 0.3) is 0 Å². The van der Waals surface area contributed by atoms with Crippen molar-refractivity contribution in [2.24, 2.45) is 11.1 Å². The van der Waals surface area contributed by atoms with Crippen LogP contribution in [0.2, 0.25) is 0 Å². The zero-order chi connectivity index (χ0) is 15.0. The van der Waals surface area contributed by atoms with Gasteiger partial charge in [0.15, 0.2) is 0 Å². The van der Waals surface area contributed by atoms with Gasteiger partial charge in [0.05, 0.1) is 16.4 Å². The lowest BCUT2D eigenvalue weighted by molar-refractivity contribution is -0.126. The molecule has 1 aromatic heterocycles. The van der Waals surface area contributed by atoms with Gasteiger partial charge in [-0.1, -0.05) is 0 Å². The molecule has 1 aromatic carbocycles. The fourth-order valence-electron chi connectivity index (χ4n) is 1.62. The SMILES string of the molecule is CC(C)(N)C(C)(C)C(=O)Nc1ccc2nccnc2c1. The lowest BCUT2D eigenvalue weighted by Crippen LogP contribution is -2.53. The van der Waals surface area contributed by atoms with Crippen LogP contribution >= 0.6 is 0 Å². The van der Waals surface area contributed by atoms with E-state index in [-0.39, 0.29) is 5.91 Å². The third kappa shape index (κ3) is 2.63. The Balaban J connectivity index is 2.26. The molecule has 0 spiro atoms. The van der Waals surface area contributed by atoms with Crippen molar-refractivity contribution in [3.8, 4) is 0 Å². The highest BCUT2D eigenvalue weighted by molar-refractivity contribution is 5.97. The molecule has 0 saturated carbocycles. The van der Waals surface area contributed by atoms with E-state index < -0.39 is 11.0 Å². The summed E-state index contributed by atoms with van der Waals surface area (Å²) in [6.45, 7) is 7.36. The van der Waals surface area contributed by atoms with Gasteiger partial charge in [0, 0.05) is 23.6 Å². The average Bonchev–Trinajstić information content (AvgIpc) is 2.37. The number of hydrogen-bond acceptors (Lipinski definition) is 4. The summed E-state index contributed by atoms with van der Waals surface area (Å²) >= 11 is 0. The van der Waals surface area contributed by atoms with E-state index in [9.17, 15) is 4.79 Å². The highest BCUT2D eigenvalue weighted by Crippen LogP contribution is 2.30. The van der Waals surface area contributed by atoms with Crippen LogP contribution in [0.4, 0.5) is 5.69 Å². The molecular weight excluding hydrogens is 252 g/mol. The lowest BCUT2D eigenvalue weighted by atomic mass is 9.74. The number of aromatic nitrogens is 2. The van der Waals surface area contributed by atoms with Crippen molar-refractivity contribution < 1.29 is 4.79 Å². The van der Waals surface area contributed by atoms with E-state index in [0.29, 0.717) is 5.69 Å². The highest BCUT2D eigenvalue weighted by atomic mass is 16.2. The van der Waals surface area contributed by atoms with Crippen LogP contribution in [0.15, 0.2) is 30.6 Å². The van der Waals surface area contributed by atoms with Crippen molar-refractivity contribution in [1.82, 2.24) is 9.97 Å². The van der Waals surface area contributed by atoms with Crippen LogP contribution in [0.3, 0.4) is 0 Å². The van der Waals surface area contributed by atoms with Crippen LogP contribution in [-0.4, -0.2) is 21.4 Å². The largest absolute Gasteiger partial charge is 0.325 e. The number of benzene rings is 1. The topological polar surface area (TPSA) is 80.9 Å². The van der Waals surface area contributed by atoms with E-state index in [1.807, 2.05) is 39.8 Å². The summed E-state index contributed by atoms with van der Waals surface area (Å²) in [6, 6.07) is 5.45. The first-order valence-electron chi connectivity index (χ1n) is 6.53. The molecular formula is C15H20N4O. The maximum absolute atomic E-state index is 12.4. The van der Waals surface area contributed by atoms with Gasteiger partial charge in [-0.3, -0.25) is 14.8 Å². The van der Waals surface area contributed by atoms with Crippen LogP contribution in [-0.2, 0) is 4.79 Å². The predicted molar refractivity (Wildman–Crippen MR) is 80.2 cm³/mol. The molecule has 0 fully saturated rings. The lowest BCUT2D eigenvalue weighted by Gasteiger charge is -2.36. The molecule has 2 rings (SSSR count). The van der Waals surface area contributed by atoms with Crippen LogP contribution in [0.25, 0.3) is 11.0 Å². The number of carbonyl (C=O) groups is 1. The minimum Gasteiger partial charge on any atom is -0.325 e. The van der Waals surface area contributed by atoms with Crippen molar-refractivity contribution in [2.45, 2.75) is 33.2 Å². The second-order valence-corrected chi connectivity index (χ2v) is 6.06. The van der Waals surface area contributed by atoms with Gasteiger partial charge in [-0.25, -0.2) is 0 Å². The summed E-state index contributed by atoms with van der Waals surface area (Å²) in [4.78, 5) is 20.8. The molecule has 0 aliphatic heterocycles. The van der Waals surface area contributed by atoms with E-state index in [1.165, 1.54) is 0 Å². The summed E-state index contributed by atoms with van der Waals surface area (Å²) in [5.41, 5.74) is 7.00. The first kappa shape index (κ1) is 14.4. The average molecular weight is 272 g/mol. The van der Waals surface area contributed by atoms with Crippen molar-refractivity contribution in [1.29, 1.82) is 0 Å². The van der Waals surface area contributed by atoms with Crippen LogP contribution in [0, 0.1) is 5.41 Å². The van der Waals surface area contributed by atoms with Gasteiger partial charge >= 0.3 is 0 Å². The first-order chi connectivity index (χ1) is 9.22. The number of hydrogen-bond donors (Lipinski definition) is 2. The molecule has 0 saturated heterocycles. The quantitative estimate of drug-likeness (QED) is 0.898. The minimum absolute atomic E-state index is 0.117. The number of nitrogens with two attached hydrogens (primary N) is 1. The summed E-state index contributed by atoms with van der Waals surface area (Å²) < 4.78 is 0. The van der Waals surface area contributed by atoms with Gasteiger partial charge in [0.1, 0.15) is 0 Å². The molecule has 106 valence electrons. The normalized spacial score (nSPS) is 12.4. The molecule has 0 atom stereocenters. The molecule has 0 bridgehead atoms. The molecule has 0 radical (unpaired) electrons. The Bertz CT molecular complexity index is 644. The minimum atomic E-state index is -0.690. The Kier molecular flexibility index (Phi) is 3.48. The van der Waals surface area contributed by atoms with Gasteiger partial charge in [-0.15, -0.1) is 0 Å². The van der Waals surface area contributed by atoms with Gasteiger partial charge in [0.2, 0.25) is 5.91 Å². The fourth-order valence-corrected chi connectivity index (χ4v) is 1.62. The number of amides is 1. The number of rotatable bonds is 3. The third-order valence-corrected chi connectivity index (χ3v) is 3.91. The summed E-state index contributed by atoms with van der Waals surface area (Å²) in [7, 11) is 0. The van der Waals surface area contributed by atoms with E-state index >= 15 is 0 Å². The molecule has 1 amide bonds. The Morgan fingerprint density at radius 3 is 2.30 bits per heavy atom. The monoisotopic (exact) mass is 272 g/mol. The molecule has 5 heteroatoms. The van der Waals surface area contributed by atoms with Crippen LogP contribution in [0.1, 0.15) is 27.7 Å². The van der Waals surface area contributed by atoms with Crippen molar-refractivity contribution in [3.63, 3.8) is 0 Å². The second kappa shape index (κ2) is 4.83. The number of nitrogens with one attached hydrogen (secondary N) is 1. The highest BCUT2D eigenvalue weighted by Gasteiger charge is 2.40. The van der Waals surface area contributed by atoms with E-state index in [0.717, 1.165) is 11.0 Å². The zero-order valence-corrected chi connectivity index (χ0v) is 12.3. The van der Waals surface area contributed by atoms with Crippen LogP contribution in [0.5, 0.6) is 0 Å². The molecule has 0 aliphatic rings. The van der Waals surface area contributed by atoms with E-state index in [2.05, 4.69) is 15.3 Å². The van der Waals surface area contributed by atoms with Gasteiger partial charge in [-0.2, -0.15) is 0 Å². The molecule has 2 aromatic rings. The van der Waals surface area contributed by atoms with Crippen molar-refractivity contribution in [3.05, 3.63) is 30.6 Å². The van der Waals surface area contributed by atoms with Crippen LogP contribution < -0.4 is 11.1 Å². The Hall–Kier alpha value is -2.01. The maximum Gasteiger partial charge on any atom is 0.231 e. The number of carbonyl (C=O) groups excluding carboxylic acids is 1. The number of nitrogens with zero attached hydrogens (tertiary/aromatic N) is 2. The Labute approximate surface area is 118 Å². The third-order valence-electron chi connectivity index (χ3n) is 3.91. The molecule has 20 heavy (non-hydrogen) atoms. The van der Waals surface area contributed by atoms with E-state index in [4.69, 9.17) is 5.73 Å². The molecule has 1 heterocycles. The number of anilines is 1. The molecule has 5 nitrogen and oxygen atoms in total. The standard InChI is InChI=1S/C15H20N4O/c1-14(2,15(3,4)16)13(20)19-10-5-6-11-12(9-10)18-8-7-17-11/h5-9H,16H2,1-4H3,(H,19,20). The summed E-state index contributed by atoms with van der Waals surface area (Å²) in [5.74, 6) is -0.117. The molecule has 3 N–H and O–H groups in total. The van der Waals surface area contributed by atoms with Gasteiger partial charge < -0.3 is 11.1 Å². The van der Waals surface area contributed by atoms with E-state index in [1.54, 1.807) is 18.5 Å². The first-order valence-corrected chi connectivity index (χ1v) is 6.53. The Morgan fingerprint density at radius 2 is 1.70 bits per heavy atom. The van der Waals surface area contributed by atoms with Crippen molar-refractivity contribution >= 4 is 22.6 Å². The summed E-state index contributed by atoms with van der Waals surface area (Å²) in [5, 5.41) is 2.89. The molecule has 0 unspecified atom stereocenters. The zero-order valence-electron chi connectivity index (χ0n) is 12.3. The number of fused-ring (bicyclic) bond motifs is 1. The fraction of sp³-hybridized carbons (Fsp3) is 0.400. The molecule has 0 aliphatic carbocycles.